The van der Waals surface area contributed by atoms with Gasteiger partial charge in [0.15, 0.2) is 0 Å². The van der Waals surface area contributed by atoms with E-state index in [2.05, 4.69) is 0 Å². The summed E-state index contributed by atoms with van der Waals surface area (Å²) in [7, 11) is 0. The second-order valence-corrected chi connectivity index (χ2v) is 4.07. The van der Waals surface area contributed by atoms with Crippen molar-refractivity contribution < 1.29 is 9.84 Å². The Hall–Kier alpha value is -0.700. The van der Waals surface area contributed by atoms with E-state index < -0.39 is 6.10 Å². The monoisotopic (exact) mass is 244 g/mol. The number of hydrogen-bond acceptors (Lipinski definition) is 2. The third-order valence-corrected chi connectivity index (χ3v) is 3.11. The van der Waals surface area contributed by atoms with E-state index in [-0.39, 0.29) is 0 Å². The Bertz CT molecular complexity index is 402. The summed E-state index contributed by atoms with van der Waals surface area (Å²) in [5.74, 6) is 0.555. The van der Waals surface area contributed by atoms with Crippen molar-refractivity contribution in [1.82, 2.24) is 0 Å². The first-order chi connectivity index (χ1) is 7.20. The topological polar surface area (TPSA) is 29.5 Å². The zero-order valence-electron chi connectivity index (χ0n) is 7.91. The van der Waals surface area contributed by atoms with Crippen molar-refractivity contribution in [2.75, 3.05) is 6.61 Å². The zero-order chi connectivity index (χ0) is 10.8. The second kappa shape index (κ2) is 4.44. The standard InChI is InChI=1S/C11H10Cl2O2/c12-8-4-1-3-7(10(8)13)11(14)9-5-2-6-15-9/h1,3-5,11,14H,2,6H2. The Balaban J connectivity index is 2.32. The molecule has 1 heterocycles. The van der Waals surface area contributed by atoms with Crippen molar-refractivity contribution >= 4 is 23.2 Å². The molecule has 0 spiro atoms. The van der Waals surface area contributed by atoms with Crippen LogP contribution in [0.1, 0.15) is 18.1 Å². The molecule has 1 unspecified atom stereocenters. The third kappa shape index (κ3) is 2.12. The molecule has 0 amide bonds. The smallest absolute Gasteiger partial charge is 0.137 e. The number of rotatable bonds is 2. The lowest BCUT2D eigenvalue weighted by Gasteiger charge is -2.14. The maximum atomic E-state index is 9.99. The summed E-state index contributed by atoms with van der Waals surface area (Å²) in [6, 6.07) is 5.17. The minimum atomic E-state index is -0.821. The van der Waals surface area contributed by atoms with Crippen molar-refractivity contribution in [3.8, 4) is 0 Å². The van der Waals surface area contributed by atoms with Gasteiger partial charge in [0.05, 0.1) is 16.7 Å². The first-order valence-electron chi connectivity index (χ1n) is 4.65. The highest BCUT2D eigenvalue weighted by Crippen LogP contribution is 2.34. The van der Waals surface area contributed by atoms with Crippen LogP contribution in [0.3, 0.4) is 0 Å². The van der Waals surface area contributed by atoms with E-state index in [9.17, 15) is 5.11 Å². The van der Waals surface area contributed by atoms with Crippen LogP contribution in [0.2, 0.25) is 10.0 Å². The quantitative estimate of drug-likeness (QED) is 0.865. The SMILES string of the molecule is OC(C1=CCCO1)c1cccc(Cl)c1Cl. The van der Waals surface area contributed by atoms with Gasteiger partial charge in [-0.25, -0.2) is 0 Å². The summed E-state index contributed by atoms with van der Waals surface area (Å²) >= 11 is 11.9. The van der Waals surface area contributed by atoms with Crippen LogP contribution in [-0.4, -0.2) is 11.7 Å². The van der Waals surface area contributed by atoms with Gasteiger partial charge in [0.1, 0.15) is 11.9 Å². The van der Waals surface area contributed by atoms with E-state index in [1.807, 2.05) is 6.08 Å². The highest BCUT2D eigenvalue weighted by Gasteiger charge is 2.21. The highest BCUT2D eigenvalue weighted by atomic mass is 35.5. The predicted octanol–water partition coefficient (Wildman–Crippen LogP) is 3.33. The molecule has 0 bridgehead atoms. The highest BCUT2D eigenvalue weighted by molar-refractivity contribution is 6.42. The molecule has 15 heavy (non-hydrogen) atoms. The van der Waals surface area contributed by atoms with Crippen LogP contribution >= 0.6 is 23.2 Å². The van der Waals surface area contributed by atoms with Gasteiger partial charge < -0.3 is 9.84 Å². The number of halogens is 2. The molecule has 0 saturated carbocycles. The summed E-state index contributed by atoms with van der Waals surface area (Å²) in [6.45, 7) is 0.616. The molecule has 1 aliphatic rings. The van der Waals surface area contributed by atoms with Gasteiger partial charge >= 0.3 is 0 Å². The molecule has 4 heteroatoms. The van der Waals surface area contributed by atoms with Crippen molar-refractivity contribution in [2.45, 2.75) is 12.5 Å². The maximum absolute atomic E-state index is 9.99. The predicted molar refractivity (Wildman–Crippen MR) is 60.1 cm³/mol. The van der Waals surface area contributed by atoms with Crippen molar-refractivity contribution in [2.24, 2.45) is 0 Å². The number of aliphatic hydroxyl groups is 1. The molecule has 1 atom stereocenters. The number of benzene rings is 1. The average Bonchev–Trinajstić information content (AvgIpc) is 2.74. The fourth-order valence-corrected chi connectivity index (χ4v) is 1.92. The van der Waals surface area contributed by atoms with E-state index >= 15 is 0 Å². The minimum Gasteiger partial charge on any atom is -0.495 e. The van der Waals surface area contributed by atoms with Crippen LogP contribution < -0.4 is 0 Å². The van der Waals surface area contributed by atoms with Crippen LogP contribution in [0.15, 0.2) is 30.0 Å². The second-order valence-electron chi connectivity index (χ2n) is 3.29. The van der Waals surface area contributed by atoms with E-state index in [1.165, 1.54) is 0 Å². The number of hydrogen-bond donors (Lipinski definition) is 1. The van der Waals surface area contributed by atoms with Crippen molar-refractivity contribution in [3.05, 3.63) is 45.6 Å². The first kappa shape index (κ1) is 10.8. The van der Waals surface area contributed by atoms with Crippen LogP contribution in [0.25, 0.3) is 0 Å². The van der Waals surface area contributed by atoms with Crippen LogP contribution in [0.5, 0.6) is 0 Å². The van der Waals surface area contributed by atoms with Gasteiger partial charge in [-0.15, -0.1) is 0 Å². The molecule has 0 radical (unpaired) electrons. The largest absolute Gasteiger partial charge is 0.495 e. The molecule has 0 aliphatic carbocycles. The molecule has 2 rings (SSSR count). The van der Waals surface area contributed by atoms with Crippen molar-refractivity contribution in [1.29, 1.82) is 0 Å². The van der Waals surface area contributed by atoms with E-state index in [0.29, 0.717) is 28.0 Å². The molecule has 0 saturated heterocycles. The minimum absolute atomic E-state index is 0.378. The van der Waals surface area contributed by atoms with Gasteiger partial charge in [-0.1, -0.05) is 35.3 Å². The molecule has 1 aromatic rings. The molecule has 2 nitrogen and oxygen atoms in total. The lowest BCUT2D eigenvalue weighted by molar-refractivity contribution is 0.119. The van der Waals surface area contributed by atoms with Crippen molar-refractivity contribution in [3.63, 3.8) is 0 Å². The first-order valence-corrected chi connectivity index (χ1v) is 5.40. The summed E-state index contributed by atoms with van der Waals surface area (Å²) in [5.41, 5.74) is 0.581. The molecule has 0 aromatic heterocycles. The summed E-state index contributed by atoms with van der Waals surface area (Å²) in [5, 5.41) is 10.8. The Kier molecular flexibility index (Phi) is 3.19. The summed E-state index contributed by atoms with van der Waals surface area (Å²) in [6.07, 6.45) is 1.87. The Labute approximate surface area is 98.1 Å². The fraction of sp³-hybridized carbons (Fsp3) is 0.273. The molecular weight excluding hydrogens is 235 g/mol. The molecule has 0 fully saturated rings. The lowest BCUT2D eigenvalue weighted by Crippen LogP contribution is -2.03. The zero-order valence-corrected chi connectivity index (χ0v) is 9.42. The van der Waals surface area contributed by atoms with Gasteiger partial charge in [0, 0.05) is 12.0 Å². The summed E-state index contributed by atoms with van der Waals surface area (Å²) in [4.78, 5) is 0. The molecule has 1 N–H and O–H groups in total. The van der Waals surface area contributed by atoms with Crippen LogP contribution in [0, 0.1) is 0 Å². The van der Waals surface area contributed by atoms with Crippen LogP contribution in [0.4, 0.5) is 0 Å². The fourth-order valence-electron chi connectivity index (χ4n) is 1.51. The molecule has 80 valence electrons. The van der Waals surface area contributed by atoms with Gasteiger partial charge in [0.2, 0.25) is 0 Å². The molecule has 1 aromatic carbocycles. The van der Waals surface area contributed by atoms with Gasteiger partial charge in [-0.2, -0.15) is 0 Å². The van der Waals surface area contributed by atoms with Crippen LogP contribution in [-0.2, 0) is 4.74 Å². The lowest BCUT2D eigenvalue weighted by atomic mass is 10.1. The van der Waals surface area contributed by atoms with E-state index in [1.54, 1.807) is 18.2 Å². The normalized spacial score (nSPS) is 17.1. The Morgan fingerprint density at radius 3 is 2.80 bits per heavy atom. The van der Waals surface area contributed by atoms with Gasteiger partial charge in [-0.05, 0) is 12.1 Å². The van der Waals surface area contributed by atoms with Gasteiger partial charge in [0.25, 0.3) is 0 Å². The maximum Gasteiger partial charge on any atom is 0.137 e. The Morgan fingerprint density at radius 1 is 1.33 bits per heavy atom. The van der Waals surface area contributed by atoms with E-state index in [0.717, 1.165) is 6.42 Å². The Morgan fingerprint density at radius 2 is 2.13 bits per heavy atom. The third-order valence-electron chi connectivity index (χ3n) is 2.28. The number of ether oxygens (including phenoxy) is 1. The van der Waals surface area contributed by atoms with E-state index in [4.69, 9.17) is 27.9 Å². The number of aliphatic hydroxyl groups excluding tert-OH is 1. The molecule has 1 aliphatic heterocycles. The molecular formula is C11H10Cl2O2. The average molecular weight is 245 g/mol. The van der Waals surface area contributed by atoms with Gasteiger partial charge in [-0.3, -0.25) is 0 Å². The summed E-state index contributed by atoms with van der Waals surface area (Å²) < 4.78 is 5.27.